The molecule has 2 atom stereocenters. The van der Waals surface area contributed by atoms with Crippen LogP contribution in [0.3, 0.4) is 0 Å². The van der Waals surface area contributed by atoms with E-state index in [0.717, 1.165) is 62.6 Å². The molecule has 3 heterocycles. The predicted molar refractivity (Wildman–Crippen MR) is 116 cm³/mol. The molecule has 6 nitrogen and oxygen atoms in total. The van der Waals surface area contributed by atoms with E-state index in [1.54, 1.807) is 11.3 Å². The number of hydrogen-bond donors (Lipinski definition) is 3. The van der Waals surface area contributed by atoms with Crippen LogP contribution in [0.4, 0.5) is 5.13 Å². The van der Waals surface area contributed by atoms with Crippen LogP contribution in [-0.2, 0) is 6.42 Å². The highest BCUT2D eigenvalue weighted by Gasteiger charge is 2.23. The highest BCUT2D eigenvalue weighted by atomic mass is 79.9. The number of H-pyrrole nitrogens is 1. The van der Waals surface area contributed by atoms with Crippen molar-refractivity contribution in [2.24, 2.45) is 0 Å². The molecule has 1 fully saturated rings. The number of benzene rings is 1. The Morgan fingerprint density at radius 3 is 2.93 bits per heavy atom. The maximum Gasteiger partial charge on any atom is 0.184 e. The molecule has 144 valence electrons. The van der Waals surface area contributed by atoms with Crippen LogP contribution in [-0.4, -0.2) is 37.2 Å². The fraction of sp³-hybridized carbons (Fsp3) is 0.350. The van der Waals surface area contributed by atoms with Crippen LogP contribution in [0.15, 0.2) is 34.9 Å². The minimum atomic E-state index is -0.280. The average molecular weight is 458 g/mol. The summed E-state index contributed by atoms with van der Waals surface area (Å²) in [6.07, 6.45) is 4.57. The molecule has 0 spiro atoms. The van der Waals surface area contributed by atoms with Gasteiger partial charge in [0.2, 0.25) is 0 Å². The van der Waals surface area contributed by atoms with Crippen LogP contribution in [0, 0.1) is 0 Å². The molecule has 3 aromatic heterocycles. The molecule has 8 heteroatoms. The van der Waals surface area contributed by atoms with Gasteiger partial charge in [-0.1, -0.05) is 30.2 Å². The number of pyridine rings is 1. The number of imidazole rings is 1. The number of aliphatic hydroxyl groups is 1. The molecule has 28 heavy (non-hydrogen) atoms. The van der Waals surface area contributed by atoms with E-state index < -0.39 is 0 Å². The zero-order valence-electron chi connectivity index (χ0n) is 15.2. The summed E-state index contributed by atoms with van der Waals surface area (Å²) in [4.78, 5) is 17.0. The second kappa shape index (κ2) is 7.42. The third-order valence-electron chi connectivity index (χ3n) is 5.22. The fourth-order valence-electron chi connectivity index (χ4n) is 3.78. The quantitative estimate of drug-likeness (QED) is 0.388. The van der Waals surface area contributed by atoms with Gasteiger partial charge in [0, 0.05) is 6.42 Å². The number of thiazole rings is 1. The van der Waals surface area contributed by atoms with Crippen LogP contribution < -0.4 is 5.32 Å². The van der Waals surface area contributed by atoms with Gasteiger partial charge in [-0.25, -0.2) is 15.0 Å². The molecule has 1 aromatic carbocycles. The molecule has 0 saturated heterocycles. The smallest absolute Gasteiger partial charge is 0.184 e. The first-order chi connectivity index (χ1) is 13.6. The molecular weight excluding hydrogens is 438 g/mol. The van der Waals surface area contributed by atoms with E-state index in [1.807, 2.05) is 12.1 Å². The molecule has 0 amide bonds. The molecule has 1 aliphatic rings. The van der Waals surface area contributed by atoms with Crippen molar-refractivity contribution in [1.29, 1.82) is 0 Å². The molecule has 0 radical (unpaired) electrons. The van der Waals surface area contributed by atoms with Crippen molar-refractivity contribution >= 4 is 53.8 Å². The lowest BCUT2D eigenvalue weighted by Gasteiger charge is -2.27. The lowest BCUT2D eigenvalue weighted by atomic mass is 9.93. The minimum absolute atomic E-state index is 0.108. The third-order valence-corrected chi connectivity index (χ3v) is 6.61. The lowest BCUT2D eigenvalue weighted by Crippen LogP contribution is -2.36. The second-order valence-electron chi connectivity index (χ2n) is 7.29. The summed E-state index contributed by atoms with van der Waals surface area (Å²) < 4.78 is 1.93. The number of nitrogens with one attached hydrogen (secondary N) is 2. The van der Waals surface area contributed by atoms with Crippen molar-refractivity contribution in [1.82, 2.24) is 19.9 Å². The number of aromatic amines is 1. The number of halogens is 1. The SMILES string of the molecule is OC1CCCCC1Nc1nc2ccc(Cc3nc4nc(Br)ccc4[nH]3)cc2s1. The summed E-state index contributed by atoms with van der Waals surface area (Å²) in [5, 5.41) is 14.5. The van der Waals surface area contributed by atoms with Crippen LogP contribution in [0.5, 0.6) is 0 Å². The molecule has 2 unspecified atom stereocenters. The Balaban J connectivity index is 1.36. The molecule has 4 aromatic rings. The van der Waals surface area contributed by atoms with Gasteiger partial charge < -0.3 is 15.4 Å². The summed E-state index contributed by atoms with van der Waals surface area (Å²) in [6, 6.07) is 10.3. The van der Waals surface area contributed by atoms with E-state index in [9.17, 15) is 5.11 Å². The van der Waals surface area contributed by atoms with Crippen LogP contribution in [0.1, 0.15) is 37.1 Å². The van der Waals surface area contributed by atoms with E-state index in [-0.39, 0.29) is 12.1 Å². The molecule has 3 N–H and O–H groups in total. The van der Waals surface area contributed by atoms with Gasteiger partial charge >= 0.3 is 0 Å². The van der Waals surface area contributed by atoms with E-state index >= 15 is 0 Å². The van der Waals surface area contributed by atoms with Gasteiger partial charge in [0.05, 0.1) is 27.9 Å². The topological polar surface area (TPSA) is 86.7 Å². The van der Waals surface area contributed by atoms with Gasteiger partial charge in [-0.15, -0.1) is 0 Å². The average Bonchev–Trinajstić information content (AvgIpc) is 3.25. The lowest BCUT2D eigenvalue weighted by molar-refractivity contribution is 0.116. The number of nitrogens with zero attached hydrogens (tertiary/aromatic N) is 3. The number of hydrogen-bond acceptors (Lipinski definition) is 6. The summed E-state index contributed by atoms with van der Waals surface area (Å²) in [5.41, 5.74) is 3.82. The van der Waals surface area contributed by atoms with Crippen molar-refractivity contribution in [3.8, 4) is 0 Å². The van der Waals surface area contributed by atoms with Gasteiger partial charge in [-0.05, 0) is 58.6 Å². The Morgan fingerprint density at radius 2 is 2.04 bits per heavy atom. The zero-order valence-corrected chi connectivity index (χ0v) is 17.6. The zero-order chi connectivity index (χ0) is 19.1. The normalized spacial score (nSPS) is 20.1. The molecule has 1 saturated carbocycles. The van der Waals surface area contributed by atoms with Crippen LogP contribution in [0.25, 0.3) is 21.4 Å². The first-order valence-electron chi connectivity index (χ1n) is 9.49. The third kappa shape index (κ3) is 3.64. The van der Waals surface area contributed by atoms with Crippen molar-refractivity contribution in [3.63, 3.8) is 0 Å². The Kier molecular flexibility index (Phi) is 4.78. The molecule has 1 aliphatic carbocycles. The Bertz CT molecular complexity index is 1140. The maximum absolute atomic E-state index is 10.2. The summed E-state index contributed by atoms with van der Waals surface area (Å²) in [6.45, 7) is 0. The first-order valence-corrected chi connectivity index (χ1v) is 11.1. The summed E-state index contributed by atoms with van der Waals surface area (Å²) in [5.74, 6) is 0.896. The van der Waals surface area contributed by atoms with Gasteiger partial charge in [-0.3, -0.25) is 0 Å². The van der Waals surface area contributed by atoms with Gasteiger partial charge in [0.25, 0.3) is 0 Å². The van der Waals surface area contributed by atoms with Crippen molar-refractivity contribution < 1.29 is 5.11 Å². The van der Waals surface area contributed by atoms with E-state index in [1.165, 1.54) is 5.56 Å². The van der Waals surface area contributed by atoms with Gasteiger partial charge in [-0.2, -0.15) is 0 Å². The van der Waals surface area contributed by atoms with Crippen LogP contribution in [0.2, 0.25) is 0 Å². The van der Waals surface area contributed by atoms with E-state index in [2.05, 4.69) is 54.4 Å². The first kappa shape index (κ1) is 18.0. The number of rotatable bonds is 4. The highest BCUT2D eigenvalue weighted by molar-refractivity contribution is 9.10. The number of aromatic nitrogens is 4. The molecular formula is C20H20BrN5OS. The predicted octanol–water partition coefficient (Wildman–Crippen LogP) is 4.64. The number of fused-ring (bicyclic) bond motifs is 2. The highest BCUT2D eigenvalue weighted by Crippen LogP contribution is 2.30. The Morgan fingerprint density at radius 1 is 1.14 bits per heavy atom. The summed E-state index contributed by atoms with van der Waals surface area (Å²) >= 11 is 5.03. The van der Waals surface area contributed by atoms with Gasteiger partial charge in [0.1, 0.15) is 10.4 Å². The number of anilines is 1. The van der Waals surface area contributed by atoms with Crippen molar-refractivity contribution in [2.45, 2.75) is 44.2 Å². The molecule has 0 bridgehead atoms. The van der Waals surface area contributed by atoms with E-state index in [0.29, 0.717) is 6.42 Å². The minimum Gasteiger partial charge on any atom is -0.391 e. The van der Waals surface area contributed by atoms with Crippen molar-refractivity contribution in [3.05, 3.63) is 46.3 Å². The Labute approximate surface area is 174 Å². The largest absolute Gasteiger partial charge is 0.391 e. The summed E-state index contributed by atoms with van der Waals surface area (Å²) in [7, 11) is 0. The standard InChI is InChI=1S/C20H20BrN5OS/c21-17-8-7-14-19(25-17)26-18(22-14)10-11-5-6-13-16(9-11)28-20(24-13)23-12-3-1-2-4-15(12)27/h5-9,12,15,27H,1-4,10H2,(H,23,24)(H,22,25,26). The molecule has 0 aliphatic heterocycles. The monoisotopic (exact) mass is 457 g/mol. The second-order valence-corrected chi connectivity index (χ2v) is 9.13. The van der Waals surface area contributed by atoms with Crippen LogP contribution >= 0.6 is 27.3 Å². The fourth-order valence-corrected chi connectivity index (χ4v) is 5.07. The van der Waals surface area contributed by atoms with Gasteiger partial charge in [0.15, 0.2) is 10.8 Å². The van der Waals surface area contributed by atoms with Crippen molar-refractivity contribution in [2.75, 3.05) is 5.32 Å². The number of aliphatic hydroxyl groups excluding tert-OH is 1. The molecule has 5 rings (SSSR count). The maximum atomic E-state index is 10.2. The van der Waals surface area contributed by atoms with E-state index in [4.69, 9.17) is 4.98 Å². The Hall–Kier alpha value is -2.03.